The van der Waals surface area contributed by atoms with Crippen LogP contribution in [0.2, 0.25) is 0 Å². The summed E-state index contributed by atoms with van der Waals surface area (Å²) in [6.45, 7) is 2.08. The van der Waals surface area contributed by atoms with Crippen LogP contribution in [0, 0.1) is 0 Å². The van der Waals surface area contributed by atoms with Crippen molar-refractivity contribution in [3.63, 3.8) is 0 Å². The van der Waals surface area contributed by atoms with Gasteiger partial charge in [-0.2, -0.15) is 5.10 Å². The summed E-state index contributed by atoms with van der Waals surface area (Å²) in [6.07, 6.45) is 3.50. The SMILES string of the molecule is CCCc1nnc(NC(=O)c2cn(-c3ccccc3)nc2-c2ccc(OC)cc2OC)s1. The highest BCUT2D eigenvalue weighted by Crippen LogP contribution is 2.35. The van der Waals surface area contributed by atoms with Crippen LogP contribution < -0.4 is 14.8 Å². The summed E-state index contributed by atoms with van der Waals surface area (Å²) in [5, 5.41) is 17.1. The average Bonchev–Trinajstić information content (AvgIpc) is 3.46. The Labute approximate surface area is 189 Å². The highest BCUT2D eigenvalue weighted by atomic mass is 32.1. The van der Waals surface area contributed by atoms with Crippen molar-refractivity contribution < 1.29 is 14.3 Å². The van der Waals surface area contributed by atoms with E-state index in [0.717, 1.165) is 23.5 Å². The molecular weight excluding hydrogens is 426 g/mol. The Balaban J connectivity index is 1.76. The van der Waals surface area contributed by atoms with E-state index in [4.69, 9.17) is 14.6 Å². The summed E-state index contributed by atoms with van der Waals surface area (Å²) in [5.41, 5.74) is 2.40. The number of methoxy groups -OCH3 is 2. The van der Waals surface area contributed by atoms with Gasteiger partial charge in [-0.05, 0) is 30.7 Å². The van der Waals surface area contributed by atoms with E-state index in [2.05, 4.69) is 22.4 Å². The minimum absolute atomic E-state index is 0.320. The van der Waals surface area contributed by atoms with Crippen molar-refractivity contribution in [1.82, 2.24) is 20.0 Å². The lowest BCUT2D eigenvalue weighted by Crippen LogP contribution is -2.12. The number of nitrogens with zero attached hydrogens (tertiary/aromatic N) is 4. The molecule has 1 amide bonds. The molecule has 0 aliphatic heterocycles. The van der Waals surface area contributed by atoms with Crippen molar-refractivity contribution in [2.24, 2.45) is 0 Å². The molecule has 2 aromatic carbocycles. The van der Waals surface area contributed by atoms with E-state index in [-0.39, 0.29) is 5.91 Å². The van der Waals surface area contributed by atoms with Gasteiger partial charge in [0.2, 0.25) is 5.13 Å². The Kier molecular flexibility index (Phi) is 6.46. The standard InChI is InChI=1S/C23H23N5O3S/c1-4-8-20-25-26-23(32-20)24-22(29)18-14-28(15-9-6-5-7-10-15)27-21(18)17-12-11-16(30-2)13-19(17)31-3/h5-7,9-14H,4,8H2,1-3H3,(H,24,26,29). The number of aromatic nitrogens is 4. The van der Waals surface area contributed by atoms with Crippen LogP contribution in [0.3, 0.4) is 0 Å². The molecule has 0 bridgehead atoms. The molecule has 164 valence electrons. The molecule has 4 aromatic rings. The van der Waals surface area contributed by atoms with Gasteiger partial charge in [0.05, 0.1) is 25.5 Å². The third-order valence-electron chi connectivity index (χ3n) is 4.79. The first-order valence-corrected chi connectivity index (χ1v) is 11.0. The molecule has 0 radical (unpaired) electrons. The molecule has 0 atom stereocenters. The van der Waals surface area contributed by atoms with Gasteiger partial charge in [0.1, 0.15) is 22.2 Å². The van der Waals surface area contributed by atoms with Crippen molar-refractivity contribution in [3.8, 4) is 28.4 Å². The number of amides is 1. The molecule has 0 aliphatic carbocycles. The maximum absolute atomic E-state index is 13.3. The second-order valence-electron chi connectivity index (χ2n) is 6.94. The van der Waals surface area contributed by atoms with Gasteiger partial charge >= 0.3 is 0 Å². The van der Waals surface area contributed by atoms with Crippen molar-refractivity contribution in [3.05, 3.63) is 65.3 Å². The first-order valence-electron chi connectivity index (χ1n) is 10.1. The molecule has 4 rings (SSSR count). The molecule has 2 aromatic heterocycles. The van der Waals surface area contributed by atoms with E-state index in [0.29, 0.717) is 33.5 Å². The van der Waals surface area contributed by atoms with Gasteiger partial charge in [-0.3, -0.25) is 10.1 Å². The molecule has 2 heterocycles. The largest absolute Gasteiger partial charge is 0.497 e. The normalized spacial score (nSPS) is 10.7. The number of carbonyl (C=O) groups excluding carboxylic acids is 1. The highest BCUT2D eigenvalue weighted by Gasteiger charge is 2.22. The van der Waals surface area contributed by atoms with Gasteiger partial charge in [0, 0.05) is 24.2 Å². The van der Waals surface area contributed by atoms with E-state index in [1.165, 1.54) is 11.3 Å². The monoisotopic (exact) mass is 449 g/mol. The number of aryl methyl sites for hydroxylation is 1. The number of anilines is 1. The van der Waals surface area contributed by atoms with Crippen LogP contribution in [0.1, 0.15) is 28.7 Å². The molecule has 0 saturated carbocycles. The Bertz CT molecular complexity index is 1220. The number of benzene rings is 2. The summed E-state index contributed by atoms with van der Waals surface area (Å²) in [4.78, 5) is 13.3. The van der Waals surface area contributed by atoms with Gasteiger partial charge in [-0.1, -0.05) is 36.5 Å². The molecule has 0 unspecified atom stereocenters. The van der Waals surface area contributed by atoms with Gasteiger partial charge < -0.3 is 9.47 Å². The molecule has 9 heteroatoms. The number of nitrogens with one attached hydrogen (secondary N) is 1. The zero-order valence-corrected chi connectivity index (χ0v) is 18.8. The summed E-state index contributed by atoms with van der Waals surface area (Å²) >= 11 is 1.38. The Hall–Kier alpha value is -3.72. The van der Waals surface area contributed by atoms with E-state index in [1.807, 2.05) is 42.5 Å². The predicted octanol–water partition coefficient (Wildman–Crippen LogP) is 4.61. The van der Waals surface area contributed by atoms with Crippen LogP contribution in [0.15, 0.2) is 54.7 Å². The van der Waals surface area contributed by atoms with Crippen LogP contribution in [0.4, 0.5) is 5.13 Å². The number of rotatable bonds is 8. The summed E-state index contributed by atoms with van der Waals surface area (Å²) in [6, 6.07) is 15.0. The first-order chi connectivity index (χ1) is 15.6. The van der Waals surface area contributed by atoms with E-state index >= 15 is 0 Å². The van der Waals surface area contributed by atoms with Crippen molar-refractivity contribution in [1.29, 1.82) is 0 Å². The predicted molar refractivity (Wildman–Crippen MR) is 124 cm³/mol. The lowest BCUT2D eigenvalue weighted by molar-refractivity contribution is 0.102. The quantitative estimate of drug-likeness (QED) is 0.422. The first kappa shape index (κ1) is 21.5. The molecule has 0 fully saturated rings. The summed E-state index contributed by atoms with van der Waals surface area (Å²) in [5.74, 6) is 0.883. The average molecular weight is 450 g/mol. The summed E-state index contributed by atoms with van der Waals surface area (Å²) in [7, 11) is 3.16. The fraction of sp³-hybridized carbons (Fsp3) is 0.217. The topological polar surface area (TPSA) is 91.2 Å². The molecular formula is C23H23N5O3S. The second kappa shape index (κ2) is 9.61. The molecule has 32 heavy (non-hydrogen) atoms. The lowest BCUT2D eigenvalue weighted by Gasteiger charge is -2.10. The maximum Gasteiger partial charge on any atom is 0.261 e. The fourth-order valence-corrected chi connectivity index (χ4v) is 4.07. The van der Waals surface area contributed by atoms with Gasteiger partial charge in [0.25, 0.3) is 5.91 Å². The number of hydrogen-bond donors (Lipinski definition) is 1. The van der Waals surface area contributed by atoms with E-state index < -0.39 is 0 Å². The maximum atomic E-state index is 13.3. The smallest absolute Gasteiger partial charge is 0.261 e. The van der Waals surface area contributed by atoms with Crippen LogP contribution in [-0.4, -0.2) is 40.1 Å². The second-order valence-corrected chi connectivity index (χ2v) is 8.00. The van der Waals surface area contributed by atoms with Gasteiger partial charge in [0.15, 0.2) is 0 Å². The number of para-hydroxylation sites is 1. The zero-order chi connectivity index (χ0) is 22.5. The molecule has 0 saturated heterocycles. The highest BCUT2D eigenvalue weighted by molar-refractivity contribution is 7.15. The van der Waals surface area contributed by atoms with Crippen LogP contribution in [-0.2, 0) is 6.42 Å². The molecule has 0 aliphatic rings. The van der Waals surface area contributed by atoms with Gasteiger partial charge in [-0.25, -0.2) is 4.68 Å². The minimum atomic E-state index is -0.320. The Morgan fingerprint density at radius 2 is 1.91 bits per heavy atom. The number of carbonyl (C=O) groups is 1. The number of hydrogen-bond acceptors (Lipinski definition) is 7. The van der Waals surface area contributed by atoms with Crippen LogP contribution in [0.25, 0.3) is 16.9 Å². The van der Waals surface area contributed by atoms with Crippen molar-refractivity contribution >= 4 is 22.4 Å². The Morgan fingerprint density at radius 3 is 2.62 bits per heavy atom. The fourth-order valence-electron chi connectivity index (χ4n) is 3.23. The van der Waals surface area contributed by atoms with Crippen molar-refractivity contribution in [2.75, 3.05) is 19.5 Å². The molecule has 8 nitrogen and oxygen atoms in total. The third kappa shape index (κ3) is 4.47. The lowest BCUT2D eigenvalue weighted by atomic mass is 10.1. The van der Waals surface area contributed by atoms with Crippen LogP contribution in [0.5, 0.6) is 11.5 Å². The summed E-state index contributed by atoms with van der Waals surface area (Å²) < 4.78 is 12.5. The third-order valence-corrected chi connectivity index (χ3v) is 5.69. The Morgan fingerprint density at radius 1 is 1.09 bits per heavy atom. The van der Waals surface area contributed by atoms with Gasteiger partial charge in [-0.15, -0.1) is 10.2 Å². The van der Waals surface area contributed by atoms with Crippen molar-refractivity contribution in [2.45, 2.75) is 19.8 Å². The van der Waals surface area contributed by atoms with E-state index in [1.54, 1.807) is 31.2 Å². The molecule has 1 N–H and O–H groups in total. The zero-order valence-electron chi connectivity index (χ0n) is 18.0. The van der Waals surface area contributed by atoms with Crippen LogP contribution >= 0.6 is 11.3 Å². The number of ether oxygens (including phenoxy) is 2. The molecule has 0 spiro atoms. The van der Waals surface area contributed by atoms with E-state index in [9.17, 15) is 4.79 Å². The minimum Gasteiger partial charge on any atom is -0.497 e.